The maximum Gasteiger partial charge on any atom is 0.0717 e. The highest BCUT2D eigenvalue weighted by atomic mass is 16.5. The second-order valence-electron chi connectivity index (χ2n) is 4.97. The Bertz CT molecular complexity index is 303. The molecule has 0 amide bonds. The Kier molecular flexibility index (Phi) is 6.64. The second-order valence-corrected chi connectivity index (χ2v) is 4.97. The largest absolute Gasteiger partial charge is 0.376 e. The molecule has 0 spiro atoms. The van der Waals surface area contributed by atoms with Gasteiger partial charge >= 0.3 is 0 Å². The molecule has 0 aliphatic carbocycles. The summed E-state index contributed by atoms with van der Waals surface area (Å²) in [6.45, 7) is 9.88. The highest BCUT2D eigenvalue weighted by Crippen LogP contribution is 2.14. The lowest BCUT2D eigenvalue weighted by Gasteiger charge is -2.14. The van der Waals surface area contributed by atoms with Gasteiger partial charge in [0, 0.05) is 0 Å². The van der Waals surface area contributed by atoms with Crippen molar-refractivity contribution in [2.75, 3.05) is 6.61 Å². The average Bonchev–Trinajstić information content (AvgIpc) is 2.34. The van der Waals surface area contributed by atoms with Crippen molar-refractivity contribution >= 4 is 0 Å². The van der Waals surface area contributed by atoms with Crippen LogP contribution in [0.15, 0.2) is 43.0 Å². The Morgan fingerprint density at radius 2 is 1.88 bits per heavy atom. The highest BCUT2D eigenvalue weighted by Gasteiger charge is 2.06. The quantitative estimate of drug-likeness (QED) is 0.602. The van der Waals surface area contributed by atoms with Crippen molar-refractivity contribution in [3.8, 4) is 0 Å². The standard InChI is InChI=1S/C16H24O/c1-4-15(11-10-14(2)3)12-17-13-16-8-6-5-7-9-16/h4-9,14-15H,1,10-13H2,2-3H3/t15-/m0/s1. The lowest BCUT2D eigenvalue weighted by molar-refractivity contribution is 0.0958. The third kappa shape index (κ3) is 6.28. The summed E-state index contributed by atoms with van der Waals surface area (Å²) in [7, 11) is 0. The van der Waals surface area contributed by atoms with Gasteiger partial charge in [-0.25, -0.2) is 0 Å². The lowest BCUT2D eigenvalue weighted by Crippen LogP contribution is -2.08. The van der Waals surface area contributed by atoms with E-state index in [1.165, 1.54) is 18.4 Å². The number of hydrogen-bond donors (Lipinski definition) is 0. The van der Waals surface area contributed by atoms with Gasteiger partial charge in [-0.15, -0.1) is 6.58 Å². The van der Waals surface area contributed by atoms with Gasteiger partial charge in [0.2, 0.25) is 0 Å². The van der Waals surface area contributed by atoms with Gasteiger partial charge in [-0.2, -0.15) is 0 Å². The van der Waals surface area contributed by atoms with Crippen molar-refractivity contribution in [1.82, 2.24) is 0 Å². The van der Waals surface area contributed by atoms with Crippen molar-refractivity contribution in [1.29, 1.82) is 0 Å². The SMILES string of the molecule is C=C[C@@H](CCC(C)C)COCc1ccccc1. The van der Waals surface area contributed by atoms with Gasteiger partial charge in [0.25, 0.3) is 0 Å². The third-order valence-corrected chi connectivity index (χ3v) is 2.89. The van der Waals surface area contributed by atoms with E-state index in [0.29, 0.717) is 12.5 Å². The molecule has 0 aliphatic heterocycles. The minimum absolute atomic E-state index is 0.487. The van der Waals surface area contributed by atoms with Crippen LogP contribution in [0.4, 0.5) is 0 Å². The van der Waals surface area contributed by atoms with Crippen LogP contribution in [0, 0.1) is 11.8 Å². The second kappa shape index (κ2) is 8.08. The molecule has 17 heavy (non-hydrogen) atoms. The van der Waals surface area contributed by atoms with Gasteiger partial charge in [0.1, 0.15) is 0 Å². The predicted octanol–water partition coefficient (Wildman–Crippen LogP) is 4.44. The molecule has 0 heterocycles. The summed E-state index contributed by atoms with van der Waals surface area (Å²) in [6.07, 6.45) is 4.44. The maximum absolute atomic E-state index is 5.73. The van der Waals surface area contributed by atoms with E-state index in [4.69, 9.17) is 4.74 Å². The lowest BCUT2D eigenvalue weighted by atomic mass is 9.99. The zero-order valence-electron chi connectivity index (χ0n) is 11.1. The van der Waals surface area contributed by atoms with Gasteiger partial charge in [-0.1, -0.05) is 56.7 Å². The first-order chi connectivity index (χ1) is 8.22. The molecule has 1 rings (SSSR count). The molecule has 0 unspecified atom stereocenters. The molecule has 0 radical (unpaired) electrons. The molecule has 94 valence electrons. The number of rotatable bonds is 8. The predicted molar refractivity (Wildman–Crippen MR) is 73.9 cm³/mol. The summed E-state index contributed by atoms with van der Waals surface area (Å²) >= 11 is 0. The van der Waals surface area contributed by atoms with Crippen LogP contribution < -0.4 is 0 Å². The van der Waals surface area contributed by atoms with Crippen LogP contribution in [0.3, 0.4) is 0 Å². The van der Waals surface area contributed by atoms with E-state index >= 15 is 0 Å². The fraction of sp³-hybridized carbons (Fsp3) is 0.500. The normalized spacial score (nSPS) is 12.6. The molecule has 1 atom stereocenters. The average molecular weight is 232 g/mol. The molecular weight excluding hydrogens is 208 g/mol. The van der Waals surface area contributed by atoms with Crippen molar-refractivity contribution < 1.29 is 4.74 Å². The Morgan fingerprint density at radius 1 is 1.18 bits per heavy atom. The zero-order valence-corrected chi connectivity index (χ0v) is 11.1. The van der Waals surface area contributed by atoms with Gasteiger partial charge in [0.05, 0.1) is 13.2 Å². The first kappa shape index (κ1) is 14.0. The van der Waals surface area contributed by atoms with Crippen molar-refractivity contribution in [3.63, 3.8) is 0 Å². The molecule has 0 bridgehead atoms. The molecule has 1 nitrogen and oxygen atoms in total. The van der Waals surface area contributed by atoms with E-state index in [0.717, 1.165) is 12.5 Å². The number of hydrogen-bond acceptors (Lipinski definition) is 1. The molecule has 0 saturated heterocycles. The Balaban J connectivity index is 2.21. The summed E-state index contributed by atoms with van der Waals surface area (Å²) in [4.78, 5) is 0. The topological polar surface area (TPSA) is 9.23 Å². The van der Waals surface area contributed by atoms with Crippen LogP contribution in [0.2, 0.25) is 0 Å². The first-order valence-corrected chi connectivity index (χ1v) is 6.46. The van der Waals surface area contributed by atoms with E-state index in [1.54, 1.807) is 0 Å². The monoisotopic (exact) mass is 232 g/mol. The fourth-order valence-electron chi connectivity index (χ4n) is 1.72. The molecule has 0 aromatic heterocycles. The Labute approximate surface area is 106 Å². The van der Waals surface area contributed by atoms with Crippen LogP contribution in [-0.2, 0) is 11.3 Å². The summed E-state index contributed by atoms with van der Waals surface area (Å²) in [5, 5.41) is 0. The van der Waals surface area contributed by atoms with Crippen LogP contribution in [0.1, 0.15) is 32.3 Å². The van der Waals surface area contributed by atoms with Crippen LogP contribution in [0.5, 0.6) is 0 Å². The molecular formula is C16H24O. The minimum Gasteiger partial charge on any atom is -0.376 e. The van der Waals surface area contributed by atoms with Gasteiger partial charge in [-0.3, -0.25) is 0 Å². The third-order valence-electron chi connectivity index (χ3n) is 2.89. The van der Waals surface area contributed by atoms with Crippen molar-refractivity contribution in [2.45, 2.75) is 33.3 Å². The number of benzene rings is 1. The van der Waals surface area contributed by atoms with Crippen LogP contribution in [-0.4, -0.2) is 6.61 Å². The van der Waals surface area contributed by atoms with Crippen molar-refractivity contribution in [3.05, 3.63) is 48.6 Å². The van der Waals surface area contributed by atoms with E-state index in [1.807, 2.05) is 24.3 Å². The molecule has 1 heteroatoms. The van der Waals surface area contributed by atoms with E-state index < -0.39 is 0 Å². The maximum atomic E-state index is 5.73. The molecule has 0 aliphatic rings. The molecule has 1 aromatic rings. The molecule has 0 saturated carbocycles. The van der Waals surface area contributed by atoms with Crippen molar-refractivity contribution in [2.24, 2.45) is 11.8 Å². The van der Waals surface area contributed by atoms with E-state index in [2.05, 4.69) is 32.6 Å². The number of ether oxygens (including phenoxy) is 1. The smallest absolute Gasteiger partial charge is 0.0717 e. The molecule has 0 N–H and O–H groups in total. The summed E-state index contributed by atoms with van der Waals surface area (Å²) in [6, 6.07) is 10.3. The summed E-state index contributed by atoms with van der Waals surface area (Å²) in [5.74, 6) is 1.24. The van der Waals surface area contributed by atoms with Gasteiger partial charge in [-0.05, 0) is 23.8 Å². The van der Waals surface area contributed by atoms with E-state index in [9.17, 15) is 0 Å². The Morgan fingerprint density at radius 3 is 2.47 bits per heavy atom. The Hall–Kier alpha value is -1.08. The van der Waals surface area contributed by atoms with Gasteiger partial charge in [0.15, 0.2) is 0 Å². The van der Waals surface area contributed by atoms with Crippen LogP contribution >= 0.6 is 0 Å². The minimum atomic E-state index is 0.487. The van der Waals surface area contributed by atoms with Gasteiger partial charge < -0.3 is 4.74 Å². The zero-order chi connectivity index (χ0) is 12.5. The first-order valence-electron chi connectivity index (χ1n) is 6.46. The molecule has 0 fully saturated rings. The fourth-order valence-corrected chi connectivity index (χ4v) is 1.72. The summed E-state index contributed by atoms with van der Waals surface area (Å²) < 4.78 is 5.73. The highest BCUT2D eigenvalue weighted by molar-refractivity contribution is 5.13. The molecule has 1 aromatic carbocycles. The van der Waals surface area contributed by atoms with Crippen LogP contribution in [0.25, 0.3) is 0 Å². The summed E-state index contributed by atoms with van der Waals surface area (Å²) in [5.41, 5.74) is 1.24. The van der Waals surface area contributed by atoms with E-state index in [-0.39, 0.29) is 0 Å².